The molecule has 3 amide bonds. The number of aromatic hydroxyl groups is 1. The third kappa shape index (κ3) is 12.4. The molecule has 0 aliphatic carbocycles. The third-order valence-corrected chi connectivity index (χ3v) is 11.8. The number of amides is 3. The summed E-state index contributed by atoms with van der Waals surface area (Å²) in [4.78, 5) is 42.8. The number of benzene rings is 5. The number of carbonyl (C=O) groups is 3. The van der Waals surface area contributed by atoms with Crippen LogP contribution in [-0.2, 0) is 33.7 Å². The fourth-order valence-corrected chi connectivity index (χ4v) is 8.20. The van der Waals surface area contributed by atoms with Gasteiger partial charge < -0.3 is 45.8 Å². The monoisotopic (exact) mass is 866 g/mol. The SMILES string of the molecule is C[C@@H](Cc1cccc(CNC(=O)Cc2ccc(N(C)C(=O)CCN3CCC(OC(=O)Nc4ccccc4-c4ccccc4)CC3)cc2)c1)NC[C@H](O)c1ccc(O)c2c1C=CC(O)N2. The molecular weight excluding hydrogens is 809 g/mol. The van der Waals surface area contributed by atoms with Crippen LogP contribution in [0.25, 0.3) is 17.2 Å². The molecule has 334 valence electrons. The van der Waals surface area contributed by atoms with Crippen LogP contribution in [0.1, 0.15) is 60.1 Å². The molecule has 64 heavy (non-hydrogen) atoms. The van der Waals surface area contributed by atoms with Gasteiger partial charge in [-0.25, -0.2) is 4.79 Å². The Hall–Kier alpha value is -6.51. The molecule has 7 N–H and O–H groups in total. The number of phenolic OH excluding ortho intramolecular Hbond substituents is 1. The molecule has 0 saturated carbocycles. The zero-order chi connectivity index (χ0) is 45.0. The number of ether oxygens (including phenoxy) is 1. The molecule has 2 heterocycles. The van der Waals surface area contributed by atoms with Crippen molar-refractivity contribution in [3.05, 3.63) is 149 Å². The van der Waals surface area contributed by atoms with Gasteiger partial charge in [0.25, 0.3) is 0 Å². The summed E-state index contributed by atoms with van der Waals surface area (Å²) in [5, 5.41) is 43.2. The molecule has 13 nitrogen and oxygen atoms in total. The minimum atomic E-state index is -0.903. The molecule has 0 aromatic heterocycles. The molecule has 5 aromatic rings. The molecular formula is C51H58N6O7. The molecule has 2 aliphatic rings. The standard InChI is InChI=1S/C51H58N6O7/c1-34(52-33-46(59)42-19-21-45(58)50-43(42)20-22-47(60)55-50)29-36-9-8-10-37(30-36)32-53-48(61)31-35-15-17-39(18-16-35)56(2)49(62)25-28-57-26-23-40(24-27-57)64-51(63)54-44-14-7-6-13-41(44)38-11-4-3-5-12-38/h3-22,30,34,40,46-47,52,55,58-60H,23-29,31-33H2,1-2H3,(H,53,61)(H,54,63)/t34-,46-,47?/m0/s1. The lowest BCUT2D eigenvalue weighted by atomic mass is 9.96. The number of aliphatic hydroxyl groups excluding tert-OH is 2. The maximum Gasteiger partial charge on any atom is 0.411 e. The number of rotatable bonds is 17. The van der Waals surface area contributed by atoms with Crippen LogP contribution in [-0.4, -0.2) is 89.7 Å². The Bertz CT molecular complexity index is 2400. The van der Waals surface area contributed by atoms with Gasteiger partial charge in [-0.3, -0.25) is 14.9 Å². The van der Waals surface area contributed by atoms with Crippen molar-refractivity contribution >= 4 is 41.0 Å². The summed E-state index contributed by atoms with van der Waals surface area (Å²) in [6, 6.07) is 36.3. The van der Waals surface area contributed by atoms with Crippen LogP contribution in [0.4, 0.5) is 21.9 Å². The average molecular weight is 867 g/mol. The van der Waals surface area contributed by atoms with Gasteiger partial charge in [0.1, 0.15) is 18.1 Å². The quantitative estimate of drug-likeness (QED) is 0.0483. The van der Waals surface area contributed by atoms with E-state index in [0.29, 0.717) is 67.8 Å². The van der Waals surface area contributed by atoms with E-state index in [1.807, 2.05) is 104 Å². The lowest BCUT2D eigenvalue weighted by molar-refractivity contribution is -0.120. The van der Waals surface area contributed by atoms with E-state index in [2.05, 4.69) is 32.2 Å². The molecule has 13 heteroatoms. The lowest BCUT2D eigenvalue weighted by Crippen LogP contribution is -2.40. The first-order valence-corrected chi connectivity index (χ1v) is 21.9. The predicted octanol–water partition coefficient (Wildman–Crippen LogP) is 7.00. The Labute approximate surface area is 374 Å². The Morgan fingerprint density at radius 2 is 1.62 bits per heavy atom. The van der Waals surface area contributed by atoms with Crippen molar-refractivity contribution in [2.45, 2.75) is 70.1 Å². The topological polar surface area (TPSA) is 176 Å². The molecule has 7 rings (SSSR count). The van der Waals surface area contributed by atoms with E-state index in [9.17, 15) is 29.7 Å². The number of nitrogens with zero attached hydrogens (tertiary/aromatic N) is 2. The van der Waals surface area contributed by atoms with E-state index in [0.717, 1.165) is 46.6 Å². The predicted molar refractivity (Wildman–Crippen MR) is 251 cm³/mol. The second-order valence-corrected chi connectivity index (χ2v) is 16.6. The highest BCUT2D eigenvalue weighted by Gasteiger charge is 2.25. The number of hydrogen-bond acceptors (Lipinski definition) is 10. The van der Waals surface area contributed by atoms with E-state index in [-0.39, 0.29) is 36.1 Å². The summed E-state index contributed by atoms with van der Waals surface area (Å²) >= 11 is 0. The van der Waals surface area contributed by atoms with Crippen molar-refractivity contribution in [3.8, 4) is 16.9 Å². The number of para-hydroxylation sites is 1. The van der Waals surface area contributed by atoms with E-state index in [1.54, 1.807) is 30.2 Å². The van der Waals surface area contributed by atoms with Gasteiger partial charge in [-0.05, 0) is 84.3 Å². The van der Waals surface area contributed by atoms with Gasteiger partial charge in [-0.1, -0.05) is 97.1 Å². The van der Waals surface area contributed by atoms with Crippen molar-refractivity contribution in [1.82, 2.24) is 15.5 Å². The lowest BCUT2D eigenvalue weighted by Gasteiger charge is -2.31. The Morgan fingerprint density at radius 3 is 2.41 bits per heavy atom. The summed E-state index contributed by atoms with van der Waals surface area (Å²) < 4.78 is 5.78. The molecule has 1 fully saturated rings. The van der Waals surface area contributed by atoms with Crippen molar-refractivity contribution in [2.75, 3.05) is 48.8 Å². The van der Waals surface area contributed by atoms with Crippen LogP contribution < -0.4 is 26.2 Å². The van der Waals surface area contributed by atoms with Crippen LogP contribution in [0, 0.1) is 0 Å². The van der Waals surface area contributed by atoms with Crippen LogP contribution in [0.5, 0.6) is 5.75 Å². The highest BCUT2D eigenvalue weighted by molar-refractivity contribution is 5.93. The molecule has 0 radical (unpaired) electrons. The van der Waals surface area contributed by atoms with Crippen molar-refractivity contribution in [1.29, 1.82) is 0 Å². The minimum absolute atomic E-state index is 0.00439. The second-order valence-electron chi connectivity index (χ2n) is 16.6. The van der Waals surface area contributed by atoms with Crippen LogP contribution >= 0.6 is 0 Å². The summed E-state index contributed by atoms with van der Waals surface area (Å²) in [7, 11) is 1.76. The maximum absolute atomic E-state index is 13.2. The zero-order valence-electron chi connectivity index (χ0n) is 36.4. The van der Waals surface area contributed by atoms with E-state index in [4.69, 9.17) is 4.74 Å². The van der Waals surface area contributed by atoms with Gasteiger partial charge in [-0.15, -0.1) is 0 Å². The molecule has 2 aliphatic heterocycles. The van der Waals surface area contributed by atoms with Gasteiger partial charge in [0.15, 0.2) is 0 Å². The largest absolute Gasteiger partial charge is 0.506 e. The number of nitrogens with one attached hydrogen (secondary N) is 4. The third-order valence-electron chi connectivity index (χ3n) is 11.8. The number of phenols is 1. The van der Waals surface area contributed by atoms with Crippen LogP contribution in [0.15, 0.2) is 121 Å². The summed E-state index contributed by atoms with van der Waals surface area (Å²) in [5.74, 6) is -0.101. The van der Waals surface area contributed by atoms with Crippen molar-refractivity contribution in [3.63, 3.8) is 0 Å². The van der Waals surface area contributed by atoms with E-state index < -0.39 is 18.4 Å². The number of aliphatic hydroxyl groups is 2. The Balaban J connectivity index is 0.787. The number of carbonyl (C=O) groups excluding carboxylic acids is 3. The van der Waals surface area contributed by atoms with Gasteiger partial charge in [0, 0.05) is 69.0 Å². The number of likely N-dealkylation sites (tertiary alicyclic amines) is 1. The van der Waals surface area contributed by atoms with Crippen molar-refractivity contribution < 1.29 is 34.4 Å². The summed E-state index contributed by atoms with van der Waals surface area (Å²) in [5.41, 5.74) is 8.00. The zero-order valence-corrected chi connectivity index (χ0v) is 36.4. The first-order chi connectivity index (χ1) is 31.0. The number of anilines is 3. The van der Waals surface area contributed by atoms with Gasteiger partial charge in [0.05, 0.1) is 23.9 Å². The highest BCUT2D eigenvalue weighted by Crippen LogP contribution is 2.37. The molecule has 0 bridgehead atoms. The van der Waals surface area contributed by atoms with Gasteiger partial charge >= 0.3 is 6.09 Å². The smallest absolute Gasteiger partial charge is 0.411 e. The molecule has 5 aromatic carbocycles. The molecule has 1 unspecified atom stereocenters. The molecule has 1 saturated heterocycles. The maximum atomic E-state index is 13.2. The van der Waals surface area contributed by atoms with Crippen LogP contribution in [0.2, 0.25) is 0 Å². The summed E-state index contributed by atoms with van der Waals surface area (Å²) in [6.07, 6.45) is 3.54. The number of piperidine rings is 1. The van der Waals surface area contributed by atoms with Crippen molar-refractivity contribution in [2.24, 2.45) is 0 Å². The molecule has 3 atom stereocenters. The fraction of sp³-hybridized carbons (Fsp3) is 0.314. The minimum Gasteiger partial charge on any atom is -0.506 e. The van der Waals surface area contributed by atoms with Gasteiger partial charge in [-0.2, -0.15) is 0 Å². The van der Waals surface area contributed by atoms with E-state index in [1.165, 1.54) is 6.07 Å². The highest BCUT2D eigenvalue weighted by atomic mass is 16.6. The first kappa shape index (κ1) is 45.5. The Kier molecular flexibility index (Phi) is 15.4. The fourth-order valence-electron chi connectivity index (χ4n) is 8.20. The molecule has 0 spiro atoms. The first-order valence-electron chi connectivity index (χ1n) is 21.9. The van der Waals surface area contributed by atoms with Crippen LogP contribution in [0.3, 0.4) is 0 Å². The summed E-state index contributed by atoms with van der Waals surface area (Å²) in [6.45, 7) is 4.81. The average Bonchev–Trinajstić information content (AvgIpc) is 3.30. The Morgan fingerprint density at radius 1 is 0.891 bits per heavy atom. The normalized spacial score (nSPS) is 15.9. The number of fused-ring (bicyclic) bond motifs is 1. The number of hydrogen-bond donors (Lipinski definition) is 7. The van der Waals surface area contributed by atoms with E-state index >= 15 is 0 Å². The van der Waals surface area contributed by atoms with Gasteiger partial charge in [0.2, 0.25) is 11.8 Å². The second kappa shape index (κ2) is 21.7.